The summed E-state index contributed by atoms with van der Waals surface area (Å²) in [5, 5.41) is 3.37. The molecule has 0 spiro atoms. The van der Waals surface area contributed by atoms with E-state index < -0.39 is 5.82 Å². The summed E-state index contributed by atoms with van der Waals surface area (Å²) in [5.74, 6) is 0.290. The average molecular weight is 333 g/mol. The fraction of sp³-hybridized carbons (Fsp3) is 0.231. The predicted octanol–water partition coefficient (Wildman–Crippen LogP) is 4.53. The SMILES string of the molecule is CCNC(c1ccc(Cl)c(F)c1)c1occc1Br. The maximum absolute atomic E-state index is 13.5. The summed E-state index contributed by atoms with van der Waals surface area (Å²) in [4.78, 5) is 0. The molecule has 18 heavy (non-hydrogen) atoms. The molecular weight excluding hydrogens is 321 g/mol. The van der Waals surface area contributed by atoms with Crippen molar-refractivity contribution in [2.75, 3.05) is 6.54 Å². The molecule has 0 bridgehead atoms. The molecule has 0 saturated carbocycles. The maximum Gasteiger partial charge on any atom is 0.142 e. The van der Waals surface area contributed by atoms with Crippen LogP contribution in [0.15, 0.2) is 39.4 Å². The zero-order chi connectivity index (χ0) is 13.1. The van der Waals surface area contributed by atoms with Crippen molar-refractivity contribution in [1.82, 2.24) is 5.32 Å². The second-order valence-electron chi connectivity index (χ2n) is 3.80. The minimum atomic E-state index is -0.431. The van der Waals surface area contributed by atoms with Gasteiger partial charge in [-0.25, -0.2) is 4.39 Å². The first-order valence-electron chi connectivity index (χ1n) is 5.54. The molecular formula is C13H12BrClFNO. The van der Waals surface area contributed by atoms with Crippen LogP contribution in [0.3, 0.4) is 0 Å². The zero-order valence-electron chi connectivity index (χ0n) is 9.71. The molecule has 1 aromatic heterocycles. The number of benzene rings is 1. The van der Waals surface area contributed by atoms with Crippen molar-refractivity contribution in [2.45, 2.75) is 13.0 Å². The molecule has 1 N–H and O–H groups in total. The summed E-state index contributed by atoms with van der Waals surface area (Å²) in [6.45, 7) is 2.72. The van der Waals surface area contributed by atoms with Crippen LogP contribution in [0.4, 0.5) is 4.39 Å². The van der Waals surface area contributed by atoms with Gasteiger partial charge in [0.2, 0.25) is 0 Å². The summed E-state index contributed by atoms with van der Waals surface area (Å²) in [6.07, 6.45) is 1.59. The highest BCUT2D eigenvalue weighted by Gasteiger charge is 2.20. The van der Waals surface area contributed by atoms with E-state index in [4.69, 9.17) is 16.0 Å². The molecule has 1 unspecified atom stereocenters. The van der Waals surface area contributed by atoms with E-state index in [9.17, 15) is 4.39 Å². The highest BCUT2D eigenvalue weighted by molar-refractivity contribution is 9.10. The first-order chi connectivity index (χ1) is 8.63. The standard InChI is InChI=1S/C13H12BrClFNO/c1-2-17-12(13-9(14)5-6-18-13)8-3-4-10(15)11(16)7-8/h3-7,12,17H,2H2,1H3. The Morgan fingerprint density at radius 3 is 2.78 bits per heavy atom. The van der Waals surface area contributed by atoms with E-state index in [1.54, 1.807) is 18.4 Å². The van der Waals surface area contributed by atoms with Crippen LogP contribution in [0.25, 0.3) is 0 Å². The third-order valence-electron chi connectivity index (χ3n) is 2.59. The Kier molecular flexibility index (Phi) is 4.43. The quantitative estimate of drug-likeness (QED) is 0.889. The summed E-state index contributed by atoms with van der Waals surface area (Å²) in [5.41, 5.74) is 0.773. The van der Waals surface area contributed by atoms with Crippen LogP contribution in [-0.4, -0.2) is 6.54 Å². The number of nitrogens with one attached hydrogen (secondary N) is 1. The van der Waals surface area contributed by atoms with E-state index in [1.807, 2.05) is 13.0 Å². The molecule has 0 saturated heterocycles. The van der Waals surface area contributed by atoms with Crippen LogP contribution >= 0.6 is 27.5 Å². The Bertz CT molecular complexity index is 544. The van der Waals surface area contributed by atoms with Gasteiger partial charge < -0.3 is 9.73 Å². The van der Waals surface area contributed by atoms with Gasteiger partial charge in [0, 0.05) is 0 Å². The molecule has 0 fully saturated rings. The predicted molar refractivity (Wildman–Crippen MR) is 73.3 cm³/mol. The van der Waals surface area contributed by atoms with Gasteiger partial charge in [0.15, 0.2) is 0 Å². The second-order valence-corrected chi connectivity index (χ2v) is 5.06. The molecule has 0 aliphatic heterocycles. The van der Waals surface area contributed by atoms with E-state index in [0.717, 1.165) is 22.3 Å². The third kappa shape index (κ3) is 2.76. The fourth-order valence-corrected chi connectivity index (χ4v) is 2.32. The van der Waals surface area contributed by atoms with Gasteiger partial charge in [-0.3, -0.25) is 0 Å². The average Bonchev–Trinajstić information content (AvgIpc) is 2.76. The smallest absolute Gasteiger partial charge is 0.142 e. The molecule has 2 nitrogen and oxygen atoms in total. The van der Waals surface area contributed by atoms with Crippen molar-refractivity contribution < 1.29 is 8.81 Å². The number of furan rings is 1. The lowest BCUT2D eigenvalue weighted by molar-refractivity contribution is 0.449. The van der Waals surface area contributed by atoms with E-state index in [0.29, 0.717) is 0 Å². The largest absolute Gasteiger partial charge is 0.466 e. The van der Waals surface area contributed by atoms with E-state index in [2.05, 4.69) is 21.2 Å². The van der Waals surface area contributed by atoms with Gasteiger partial charge in [-0.15, -0.1) is 0 Å². The number of halogens is 3. The molecule has 0 amide bonds. The van der Waals surface area contributed by atoms with Crippen molar-refractivity contribution in [3.05, 3.63) is 57.2 Å². The van der Waals surface area contributed by atoms with Gasteiger partial charge in [0.25, 0.3) is 0 Å². The van der Waals surface area contributed by atoms with Crippen LogP contribution < -0.4 is 5.32 Å². The lowest BCUT2D eigenvalue weighted by Gasteiger charge is -2.17. The van der Waals surface area contributed by atoms with Gasteiger partial charge >= 0.3 is 0 Å². The van der Waals surface area contributed by atoms with Crippen molar-refractivity contribution in [2.24, 2.45) is 0 Å². The molecule has 1 aromatic carbocycles. The van der Waals surface area contributed by atoms with Crippen molar-refractivity contribution in [3.8, 4) is 0 Å². The van der Waals surface area contributed by atoms with E-state index in [1.165, 1.54) is 6.07 Å². The van der Waals surface area contributed by atoms with Gasteiger partial charge in [0.1, 0.15) is 11.6 Å². The van der Waals surface area contributed by atoms with Gasteiger partial charge in [0.05, 0.1) is 21.8 Å². The molecule has 5 heteroatoms. The Morgan fingerprint density at radius 2 is 2.22 bits per heavy atom. The van der Waals surface area contributed by atoms with Gasteiger partial charge in [-0.2, -0.15) is 0 Å². The van der Waals surface area contributed by atoms with Gasteiger partial charge in [-0.1, -0.05) is 24.6 Å². The zero-order valence-corrected chi connectivity index (χ0v) is 12.1. The van der Waals surface area contributed by atoms with E-state index in [-0.39, 0.29) is 11.1 Å². The number of rotatable bonds is 4. The Labute approximate surface area is 118 Å². The first-order valence-corrected chi connectivity index (χ1v) is 6.71. The summed E-state index contributed by atoms with van der Waals surface area (Å²) < 4.78 is 19.8. The maximum atomic E-state index is 13.5. The Hall–Kier alpha value is -0.840. The second kappa shape index (κ2) is 5.87. The van der Waals surface area contributed by atoms with Crippen LogP contribution in [0, 0.1) is 5.82 Å². The van der Waals surface area contributed by atoms with Crippen LogP contribution in [-0.2, 0) is 0 Å². The number of hydrogen-bond donors (Lipinski definition) is 1. The summed E-state index contributed by atoms with van der Waals surface area (Å²) in [6, 6.07) is 6.36. The monoisotopic (exact) mass is 331 g/mol. The van der Waals surface area contributed by atoms with Crippen LogP contribution in [0.2, 0.25) is 5.02 Å². The first kappa shape index (κ1) is 13.6. The van der Waals surface area contributed by atoms with Crippen molar-refractivity contribution in [3.63, 3.8) is 0 Å². The molecule has 2 rings (SSSR count). The minimum Gasteiger partial charge on any atom is -0.466 e. The lowest BCUT2D eigenvalue weighted by Crippen LogP contribution is -2.22. The molecule has 0 radical (unpaired) electrons. The van der Waals surface area contributed by atoms with E-state index >= 15 is 0 Å². The van der Waals surface area contributed by atoms with Crippen molar-refractivity contribution in [1.29, 1.82) is 0 Å². The van der Waals surface area contributed by atoms with Crippen LogP contribution in [0.1, 0.15) is 24.3 Å². The van der Waals surface area contributed by atoms with Crippen molar-refractivity contribution >= 4 is 27.5 Å². The van der Waals surface area contributed by atoms with Gasteiger partial charge in [-0.05, 0) is 46.2 Å². The molecule has 0 aliphatic carbocycles. The fourth-order valence-electron chi connectivity index (χ4n) is 1.77. The Morgan fingerprint density at radius 1 is 1.44 bits per heavy atom. The summed E-state index contributed by atoms with van der Waals surface area (Å²) >= 11 is 9.10. The highest BCUT2D eigenvalue weighted by Crippen LogP contribution is 2.30. The summed E-state index contributed by atoms with van der Waals surface area (Å²) in [7, 11) is 0. The molecule has 1 heterocycles. The molecule has 0 aliphatic rings. The molecule has 96 valence electrons. The lowest BCUT2D eigenvalue weighted by atomic mass is 10.0. The normalized spacial score (nSPS) is 12.7. The number of hydrogen-bond acceptors (Lipinski definition) is 2. The topological polar surface area (TPSA) is 25.2 Å². The molecule has 1 atom stereocenters. The minimum absolute atomic E-state index is 0.118. The Balaban J connectivity index is 2.41. The third-order valence-corrected chi connectivity index (χ3v) is 3.55. The van der Waals surface area contributed by atoms with Crippen LogP contribution in [0.5, 0.6) is 0 Å². The molecule has 2 aromatic rings. The highest BCUT2D eigenvalue weighted by atomic mass is 79.9.